The van der Waals surface area contributed by atoms with Gasteiger partial charge < -0.3 is 10.3 Å². The SMILES string of the molecule is NCc1cccc(Cn2ccnc2Cc2ccccn2)c1. The topological polar surface area (TPSA) is 56.7 Å². The third kappa shape index (κ3) is 3.35. The van der Waals surface area contributed by atoms with E-state index in [0.29, 0.717) is 6.54 Å². The third-order valence-corrected chi connectivity index (χ3v) is 3.45. The number of hydrogen-bond acceptors (Lipinski definition) is 3. The quantitative estimate of drug-likeness (QED) is 0.779. The van der Waals surface area contributed by atoms with Gasteiger partial charge in [0.25, 0.3) is 0 Å². The average molecular weight is 278 g/mol. The predicted molar refractivity (Wildman–Crippen MR) is 82.7 cm³/mol. The summed E-state index contributed by atoms with van der Waals surface area (Å²) in [7, 11) is 0. The summed E-state index contributed by atoms with van der Waals surface area (Å²) in [5.74, 6) is 1.02. The minimum Gasteiger partial charge on any atom is -0.330 e. The van der Waals surface area contributed by atoms with Crippen LogP contribution in [-0.4, -0.2) is 14.5 Å². The first kappa shape index (κ1) is 13.5. The molecular weight excluding hydrogens is 260 g/mol. The molecule has 0 radical (unpaired) electrons. The molecule has 0 bridgehead atoms. The number of nitrogens with two attached hydrogens (primary N) is 1. The summed E-state index contributed by atoms with van der Waals surface area (Å²) < 4.78 is 2.16. The van der Waals surface area contributed by atoms with Gasteiger partial charge in [0.1, 0.15) is 5.82 Å². The first-order valence-electron chi connectivity index (χ1n) is 7.03. The number of pyridine rings is 1. The first-order valence-corrected chi connectivity index (χ1v) is 7.03. The average Bonchev–Trinajstić information content (AvgIpc) is 2.95. The third-order valence-electron chi connectivity index (χ3n) is 3.45. The van der Waals surface area contributed by atoms with Crippen LogP contribution < -0.4 is 5.73 Å². The second kappa shape index (κ2) is 6.33. The number of benzene rings is 1. The zero-order valence-electron chi connectivity index (χ0n) is 11.8. The van der Waals surface area contributed by atoms with Gasteiger partial charge in [0.15, 0.2) is 0 Å². The van der Waals surface area contributed by atoms with Crippen molar-refractivity contribution in [3.8, 4) is 0 Å². The second-order valence-corrected chi connectivity index (χ2v) is 4.99. The Bertz CT molecular complexity index is 704. The molecule has 3 rings (SSSR count). The van der Waals surface area contributed by atoms with Gasteiger partial charge in [0.2, 0.25) is 0 Å². The molecule has 0 spiro atoms. The molecule has 4 heteroatoms. The van der Waals surface area contributed by atoms with Gasteiger partial charge in [-0.15, -0.1) is 0 Å². The van der Waals surface area contributed by atoms with Gasteiger partial charge >= 0.3 is 0 Å². The summed E-state index contributed by atoms with van der Waals surface area (Å²) in [6.45, 7) is 1.37. The van der Waals surface area contributed by atoms with Gasteiger partial charge in [0.05, 0.1) is 0 Å². The van der Waals surface area contributed by atoms with Crippen LogP contribution in [-0.2, 0) is 19.5 Å². The lowest BCUT2D eigenvalue weighted by molar-refractivity contribution is 0.734. The highest BCUT2D eigenvalue weighted by atomic mass is 15.1. The van der Waals surface area contributed by atoms with Crippen LogP contribution in [0.4, 0.5) is 0 Å². The van der Waals surface area contributed by atoms with E-state index < -0.39 is 0 Å². The fourth-order valence-corrected chi connectivity index (χ4v) is 2.37. The normalized spacial score (nSPS) is 10.7. The Morgan fingerprint density at radius 2 is 1.86 bits per heavy atom. The van der Waals surface area contributed by atoms with Crippen LogP contribution in [0.2, 0.25) is 0 Å². The molecule has 2 aromatic heterocycles. The summed E-state index contributed by atoms with van der Waals surface area (Å²) in [6.07, 6.45) is 6.40. The molecule has 2 N–H and O–H groups in total. The lowest BCUT2D eigenvalue weighted by atomic mass is 10.1. The molecule has 0 amide bonds. The summed E-state index contributed by atoms with van der Waals surface area (Å²) in [5, 5.41) is 0. The molecular formula is C17H18N4. The molecule has 106 valence electrons. The van der Waals surface area contributed by atoms with Crippen molar-refractivity contribution < 1.29 is 0 Å². The molecule has 0 aliphatic carbocycles. The predicted octanol–water partition coefficient (Wildman–Crippen LogP) is 2.38. The van der Waals surface area contributed by atoms with Crippen LogP contribution in [0.1, 0.15) is 22.6 Å². The van der Waals surface area contributed by atoms with Crippen molar-refractivity contribution in [1.29, 1.82) is 0 Å². The van der Waals surface area contributed by atoms with Gasteiger partial charge in [-0.05, 0) is 23.3 Å². The van der Waals surface area contributed by atoms with E-state index in [1.54, 1.807) is 0 Å². The van der Waals surface area contributed by atoms with Crippen molar-refractivity contribution >= 4 is 0 Å². The Hall–Kier alpha value is -2.46. The molecule has 0 saturated carbocycles. The minimum absolute atomic E-state index is 0.568. The van der Waals surface area contributed by atoms with Gasteiger partial charge in [-0.25, -0.2) is 4.98 Å². The number of hydrogen-bond donors (Lipinski definition) is 1. The maximum atomic E-state index is 5.70. The van der Waals surface area contributed by atoms with E-state index in [0.717, 1.165) is 30.0 Å². The Morgan fingerprint density at radius 1 is 0.952 bits per heavy atom. The molecule has 3 aromatic rings. The monoisotopic (exact) mass is 278 g/mol. The van der Waals surface area contributed by atoms with Gasteiger partial charge in [0, 0.05) is 43.8 Å². The van der Waals surface area contributed by atoms with Crippen LogP contribution in [0.15, 0.2) is 61.1 Å². The van der Waals surface area contributed by atoms with Gasteiger partial charge in [-0.3, -0.25) is 4.98 Å². The Labute approximate surface area is 124 Å². The molecule has 4 nitrogen and oxygen atoms in total. The molecule has 0 fully saturated rings. The Balaban J connectivity index is 1.79. The van der Waals surface area contributed by atoms with E-state index in [1.807, 2.05) is 48.9 Å². The van der Waals surface area contributed by atoms with E-state index in [-0.39, 0.29) is 0 Å². The van der Waals surface area contributed by atoms with E-state index in [1.165, 1.54) is 5.56 Å². The van der Waals surface area contributed by atoms with Crippen molar-refractivity contribution in [2.24, 2.45) is 5.73 Å². The highest BCUT2D eigenvalue weighted by Crippen LogP contribution is 2.11. The van der Waals surface area contributed by atoms with Crippen molar-refractivity contribution in [2.75, 3.05) is 0 Å². The van der Waals surface area contributed by atoms with E-state index in [4.69, 9.17) is 5.73 Å². The minimum atomic E-state index is 0.568. The fraction of sp³-hybridized carbons (Fsp3) is 0.176. The lowest BCUT2D eigenvalue weighted by Gasteiger charge is -2.09. The molecule has 1 aromatic carbocycles. The van der Waals surface area contributed by atoms with Crippen molar-refractivity contribution in [2.45, 2.75) is 19.5 Å². The molecule has 0 aliphatic rings. The maximum absolute atomic E-state index is 5.70. The highest BCUT2D eigenvalue weighted by Gasteiger charge is 2.06. The van der Waals surface area contributed by atoms with E-state index in [9.17, 15) is 0 Å². The van der Waals surface area contributed by atoms with Gasteiger partial charge in [-0.1, -0.05) is 30.3 Å². The van der Waals surface area contributed by atoms with Crippen LogP contribution in [0, 0.1) is 0 Å². The number of aromatic nitrogens is 3. The van der Waals surface area contributed by atoms with Crippen LogP contribution in [0.5, 0.6) is 0 Å². The summed E-state index contributed by atoms with van der Waals surface area (Å²) in [5.41, 5.74) is 9.11. The maximum Gasteiger partial charge on any atom is 0.114 e. The number of nitrogens with zero attached hydrogens (tertiary/aromatic N) is 3. The standard InChI is InChI=1S/C17H18N4/c18-12-14-4-3-5-15(10-14)13-21-9-8-20-17(21)11-16-6-1-2-7-19-16/h1-10H,11-13,18H2. The Kier molecular flexibility index (Phi) is 4.07. The molecule has 0 unspecified atom stereocenters. The zero-order chi connectivity index (χ0) is 14.5. The largest absolute Gasteiger partial charge is 0.330 e. The smallest absolute Gasteiger partial charge is 0.114 e. The van der Waals surface area contributed by atoms with Crippen LogP contribution in [0.3, 0.4) is 0 Å². The van der Waals surface area contributed by atoms with Crippen molar-refractivity contribution in [3.63, 3.8) is 0 Å². The summed E-state index contributed by atoms with van der Waals surface area (Å²) >= 11 is 0. The molecule has 0 atom stereocenters. The Morgan fingerprint density at radius 3 is 2.67 bits per heavy atom. The molecule has 0 aliphatic heterocycles. The highest BCUT2D eigenvalue weighted by molar-refractivity contribution is 5.24. The van der Waals surface area contributed by atoms with Gasteiger partial charge in [-0.2, -0.15) is 0 Å². The van der Waals surface area contributed by atoms with E-state index >= 15 is 0 Å². The first-order chi connectivity index (χ1) is 10.3. The van der Waals surface area contributed by atoms with Crippen LogP contribution >= 0.6 is 0 Å². The molecule has 21 heavy (non-hydrogen) atoms. The summed E-state index contributed by atoms with van der Waals surface area (Å²) in [6, 6.07) is 14.3. The number of rotatable bonds is 5. The molecule has 0 saturated heterocycles. The molecule has 2 heterocycles. The van der Waals surface area contributed by atoms with Crippen LogP contribution in [0.25, 0.3) is 0 Å². The van der Waals surface area contributed by atoms with E-state index in [2.05, 4.69) is 26.7 Å². The summed E-state index contributed by atoms with van der Waals surface area (Å²) in [4.78, 5) is 8.81. The van der Waals surface area contributed by atoms with Crippen molar-refractivity contribution in [3.05, 3.63) is 83.7 Å². The van der Waals surface area contributed by atoms with Crippen molar-refractivity contribution in [1.82, 2.24) is 14.5 Å². The second-order valence-electron chi connectivity index (χ2n) is 4.99. The zero-order valence-corrected chi connectivity index (χ0v) is 11.8. The number of imidazole rings is 1. The lowest BCUT2D eigenvalue weighted by Crippen LogP contribution is -2.06. The fourth-order valence-electron chi connectivity index (χ4n) is 2.37.